The summed E-state index contributed by atoms with van der Waals surface area (Å²) in [6, 6.07) is 16.1. The third-order valence-corrected chi connectivity index (χ3v) is 5.86. The van der Waals surface area contributed by atoms with E-state index in [-0.39, 0.29) is 24.6 Å². The van der Waals surface area contributed by atoms with Crippen LogP contribution in [0.25, 0.3) is 11.1 Å². The van der Waals surface area contributed by atoms with Gasteiger partial charge in [0.1, 0.15) is 6.10 Å². The Kier molecular flexibility index (Phi) is 4.66. The van der Waals surface area contributed by atoms with Crippen LogP contribution in [0.15, 0.2) is 59.5 Å². The number of primary amides is 1. The van der Waals surface area contributed by atoms with Crippen molar-refractivity contribution in [3.63, 3.8) is 0 Å². The van der Waals surface area contributed by atoms with Crippen molar-refractivity contribution in [2.45, 2.75) is 11.0 Å². The fourth-order valence-electron chi connectivity index (χ4n) is 2.70. The van der Waals surface area contributed by atoms with Crippen molar-refractivity contribution in [3.8, 4) is 11.1 Å². The van der Waals surface area contributed by atoms with Gasteiger partial charge in [-0.25, -0.2) is 8.42 Å². The molecular formula is C17H18N2O4S. The van der Waals surface area contributed by atoms with Gasteiger partial charge in [0.2, 0.25) is 15.9 Å². The Bertz CT molecular complexity index is 837. The second-order valence-corrected chi connectivity index (χ2v) is 7.39. The maximum atomic E-state index is 13.1. The van der Waals surface area contributed by atoms with Crippen molar-refractivity contribution in [2.75, 3.05) is 19.7 Å². The minimum Gasteiger partial charge on any atom is -0.367 e. The number of amides is 1. The molecule has 6 nitrogen and oxygen atoms in total. The van der Waals surface area contributed by atoms with Gasteiger partial charge < -0.3 is 10.5 Å². The van der Waals surface area contributed by atoms with E-state index >= 15 is 0 Å². The minimum absolute atomic E-state index is 0.0687. The van der Waals surface area contributed by atoms with Crippen molar-refractivity contribution in [1.82, 2.24) is 4.31 Å². The summed E-state index contributed by atoms with van der Waals surface area (Å²) in [5.74, 6) is -0.661. The summed E-state index contributed by atoms with van der Waals surface area (Å²) in [4.78, 5) is 11.5. The van der Waals surface area contributed by atoms with Gasteiger partial charge in [0, 0.05) is 18.7 Å². The van der Waals surface area contributed by atoms with E-state index < -0.39 is 22.0 Å². The van der Waals surface area contributed by atoms with Crippen LogP contribution < -0.4 is 5.73 Å². The molecule has 0 aromatic heterocycles. The topological polar surface area (TPSA) is 89.7 Å². The first-order valence-corrected chi connectivity index (χ1v) is 8.99. The molecule has 0 spiro atoms. The molecule has 1 atom stereocenters. The number of carbonyl (C=O) groups excluding carboxylic acids is 1. The third kappa shape index (κ3) is 3.19. The molecular weight excluding hydrogens is 328 g/mol. The van der Waals surface area contributed by atoms with Crippen LogP contribution in [0.1, 0.15) is 0 Å². The highest BCUT2D eigenvalue weighted by atomic mass is 32.2. The molecule has 1 aliphatic heterocycles. The Morgan fingerprint density at radius 2 is 1.75 bits per heavy atom. The molecule has 1 heterocycles. The van der Waals surface area contributed by atoms with Crippen LogP contribution in [-0.2, 0) is 19.6 Å². The highest BCUT2D eigenvalue weighted by Gasteiger charge is 2.34. The van der Waals surface area contributed by atoms with Gasteiger partial charge in [-0.3, -0.25) is 4.79 Å². The summed E-state index contributed by atoms with van der Waals surface area (Å²) >= 11 is 0. The van der Waals surface area contributed by atoms with Crippen LogP contribution in [0.4, 0.5) is 0 Å². The zero-order chi connectivity index (χ0) is 17.2. The van der Waals surface area contributed by atoms with E-state index in [2.05, 4.69) is 0 Å². The van der Waals surface area contributed by atoms with Crippen molar-refractivity contribution in [2.24, 2.45) is 5.73 Å². The first-order valence-electron chi connectivity index (χ1n) is 7.55. The highest BCUT2D eigenvalue weighted by Crippen LogP contribution is 2.30. The maximum Gasteiger partial charge on any atom is 0.247 e. The number of nitrogens with two attached hydrogens (primary N) is 1. The summed E-state index contributed by atoms with van der Waals surface area (Å²) < 4.78 is 32.6. The number of carbonyl (C=O) groups is 1. The van der Waals surface area contributed by atoms with Crippen LogP contribution in [0, 0.1) is 0 Å². The average molecular weight is 346 g/mol. The summed E-state index contributed by atoms with van der Waals surface area (Å²) in [5, 5.41) is 0. The summed E-state index contributed by atoms with van der Waals surface area (Å²) in [6.45, 7) is 0.260. The van der Waals surface area contributed by atoms with E-state index in [1.54, 1.807) is 24.3 Å². The van der Waals surface area contributed by atoms with Crippen molar-refractivity contribution in [1.29, 1.82) is 0 Å². The zero-order valence-corrected chi connectivity index (χ0v) is 13.8. The number of hydrogen-bond acceptors (Lipinski definition) is 4. The van der Waals surface area contributed by atoms with E-state index in [9.17, 15) is 13.2 Å². The van der Waals surface area contributed by atoms with Crippen molar-refractivity contribution in [3.05, 3.63) is 54.6 Å². The van der Waals surface area contributed by atoms with Gasteiger partial charge in [-0.15, -0.1) is 0 Å². The minimum atomic E-state index is -3.76. The van der Waals surface area contributed by atoms with Crippen LogP contribution >= 0.6 is 0 Å². The predicted molar refractivity (Wildman–Crippen MR) is 89.6 cm³/mol. The van der Waals surface area contributed by atoms with E-state index in [0.29, 0.717) is 5.56 Å². The lowest BCUT2D eigenvalue weighted by Crippen LogP contribution is -2.50. The van der Waals surface area contributed by atoms with Gasteiger partial charge in [0.25, 0.3) is 0 Å². The largest absolute Gasteiger partial charge is 0.367 e. The molecule has 1 amide bonds. The van der Waals surface area contributed by atoms with Crippen LogP contribution in [0.2, 0.25) is 0 Å². The molecule has 3 rings (SSSR count). The monoisotopic (exact) mass is 346 g/mol. The van der Waals surface area contributed by atoms with Crippen LogP contribution in [0.5, 0.6) is 0 Å². The standard InChI is InChI=1S/C17H18N2O4S/c18-17(20)15-12-19(10-11-23-15)24(21,22)16-9-5-4-8-14(16)13-6-2-1-3-7-13/h1-9,15H,10-12H2,(H2,18,20). The van der Waals surface area contributed by atoms with Crippen LogP contribution in [-0.4, -0.2) is 44.4 Å². The fraction of sp³-hybridized carbons (Fsp3) is 0.235. The SMILES string of the molecule is NC(=O)C1CN(S(=O)(=O)c2ccccc2-c2ccccc2)CCO1. The normalized spacial score (nSPS) is 19.1. The fourth-order valence-corrected chi connectivity index (χ4v) is 4.34. The Morgan fingerprint density at radius 3 is 2.46 bits per heavy atom. The molecule has 1 fully saturated rings. The molecule has 126 valence electrons. The molecule has 7 heteroatoms. The average Bonchev–Trinajstić information content (AvgIpc) is 2.62. The second-order valence-electron chi connectivity index (χ2n) is 5.49. The lowest BCUT2D eigenvalue weighted by atomic mass is 10.1. The first kappa shape index (κ1) is 16.6. The number of nitrogens with zero attached hydrogens (tertiary/aromatic N) is 1. The summed E-state index contributed by atoms with van der Waals surface area (Å²) in [7, 11) is -3.76. The molecule has 0 saturated carbocycles. The number of morpholine rings is 1. The van der Waals surface area contributed by atoms with Gasteiger partial charge in [-0.05, 0) is 11.6 Å². The maximum absolute atomic E-state index is 13.1. The second kappa shape index (κ2) is 6.72. The quantitative estimate of drug-likeness (QED) is 0.901. The molecule has 1 unspecified atom stereocenters. The molecule has 2 aromatic carbocycles. The molecule has 2 aromatic rings. The van der Waals surface area contributed by atoms with Gasteiger partial charge in [0.05, 0.1) is 11.5 Å². The smallest absolute Gasteiger partial charge is 0.247 e. The Morgan fingerprint density at radius 1 is 1.08 bits per heavy atom. The summed E-state index contributed by atoms with van der Waals surface area (Å²) in [5.41, 5.74) is 6.69. The first-order chi connectivity index (χ1) is 11.5. The lowest BCUT2D eigenvalue weighted by Gasteiger charge is -2.31. The van der Waals surface area contributed by atoms with Gasteiger partial charge in [-0.1, -0.05) is 48.5 Å². The Balaban J connectivity index is 2.01. The molecule has 0 radical (unpaired) electrons. The van der Waals surface area contributed by atoms with Crippen LogP contribution in [0.3, 0.4) is 0 Å². The zero-order valence-electron chi connectivity index (χ0n) is 13.0. The molecule has 24 heavy (non-hydrogen) atoms. The van der Waals surface area contributed by atoms with Gasteiger partial charge >= 0.3 is 0 Å². The molecule has 1 saturated heterocycles. The van der Waals surface area contributed by atoms with E-state index in [0.717, 1.165) is 5.56 Å². The van der Waals surface area contributed by atoms with E-state index in [1.165, 1.54) is 4.31 Å². The third-order valence-electron chi connectivity index (χ3n) is 3.94. The Hall–Kier alpha value is -2.22. The lowest BCUT2D eigenvalue weighted by molar-refractivity contribution is -0.132. The number of benzene rings is 2. The number of hydrogen-bond donors (Lipinski definition) is 1. The number of rotatable bonds is 4. The Labute approximate surface area is 140 Å². The number of ether oxygens (including phenoxy) is 1. The van der Waals surface area contributed by atoms with Gasteiger partial charge in [0.15, 0.2) is 0 Å². The molecule has 0 bridgehead atoms. The van der Waals surface area contributed by atoms with Crippen molar-refractivity contribution < 1.29 is 17.9 Å². The van der Waals surface area contributed by atoms with Gasteiger partial charge in [-0.2, -0.15) is 4.31 Å². The summed E-state index contributed by atoms with van der Waals surface area (Å²) in [6.07, 6.45) is -0.919. The van der Waals surface area contributed by atoms with E-state index in [4.69, 9.17) is 10.5 Å². The molecule has 2 N–H and O–H groups in total. The highest BCUT2D eigenvalue weighted by molar-refractivity contribution is 7.89. The van der Waals surface area contributed by atoms with E-state index in [1.807, 2.05) is 30.3 Å². The molecule has 0 aliphatic carbocycles. The molecule has 1 aliphatic rings. The predicted octanol–water partition coefficient (Wildman–Crippen LogP) is 1.23. The number of sulfonamides is 1. The van der Waals surface area contributed by atoms with Crippen molar-refractivity contribution >= 4 is 15.9 Å².